The monoisotopic (exact) mass is 1270 g/mol. The molecule has 2 saturated heterocycles. The van der Waals surface area contributed by atoms with Crippen LogP contribution < -0.4 is 21.5 Å². The Morgan fingerprint density at radius 1 is 0.659 bits per heavy atom. The van der Waals surface area contributed by atoms with Crippen molar-refractivity contribution in [1.82, 2.24) is 36.5 Å². The van der Waals surface area contributed by atoms with Crippen LogP contribution in [0.3, 0.4) is 0 Å². The van der Waals surface area contributed by atoms with Gasteiger partial charge in [-0.15, -0.1) is 0 Å². The van der Waals surface area contributed by atoms with E-state index >= 15 is 0 Å². The molecule has 88 heavy (non-hydrogen) atoms. The number of allylic oxidation sites excluding steroid dienone is 4. The van der Waals surface area contributed by atoms with Crippen LogP contribution in [0.4, 0.5) is 0 Å². The third-order valence-corrected chi connectivity index (χ3v) is 15.3. The summed E-state index contributed by atoms with van der Waals surface area (Å²) in [5, 5.41) is 21.9. The van der Waals surface area contributed by atoms with Crippen molar-refractivity contribution < 1.29 is 52.9 Å². The van der Waals surface area contributed by atoms with Crippen molar-refractivity contribution in [2.24, 2.45) is 23.7 Å². The van der Waals surface area contributed by atoms with Crippen molar-refractivity contribution in [2.75, 3.05) is 19.7 Å². The molecule has 6 rings (SSSR count). The van der Waals surface area contributed by atoms with Gasteiger partial charge in [0.25, 0.3) is 11.8 Å². The molecule has 2 aliphatic rings. The maximum Gasteiger partial charge on any atom is 0.325 e. The van der Waals surface area contributed by atoms with Crippen molar-refractivity contribution in [2.45, 2.75) is 161 Å². The quantitative estimate of drug-likeness (QED) is 0.0249. The zero-order valence-corrected chi connectivity index (χ0v) is 54.6. The van der Waals surface area contributed by atoms with E-state index < -0.39 is 76.5 Å². The van der Waals surface area contributed by atoms with Gasteiger partial charge in [-0.1, -0.05) is 142 Å². The molecule has 0 spiro atoms. The standard InChI is InChI=1S/C33H43N3O5.C21H32Cl3N3O5.C13H13NO/c1-7-9-11-28(37)20-29(21(3)4)31(38)34-22(5)32(39)36-17-10-12-30(35-36)33(40)41-23(6)26-16-15-25-14-13-24(8-2)18-27(25)19-26;1-5-6-8-15(28)11-16(13(2)3)18(29)25-14(4)19(30)27-10-7-9-17(26-27)20(31)32-12-21(22,23)24;1-3-13-7-12-6-10(9(2)15)4-5-11(12)8-14-13/h7-9,13-16,18-19,21-23,29-30,35H,2,10-12,17,20H2,1,3-6H3,(H,34,38);5-6,13-14,16-17,26H,7-12H2,1-4H3,(H,25,29);3-9,15H,1H2,2H3/b9-7+;6-5+;/t22-,23+,29-,30-;14-,16-,17-;9-/m001/s1. The Morgan fingerprint density at radius 2 is 1.14 bits per heavy atom. The van der Waals surface area contributed by atoms with Gasteiger partial charge in [-0.2, -0.15) is 0 Å². The Morgan fingerprint density at radius 3 is 1.61 bits per heavy atom. The third-order valence-electron chi connectivity index (χ3n) is 15.0. The summed E-state index contributed by atoms with van der Waals surface area (Å²) in [5.74, 6) is -3.77. The van der Waals surface area contributed by atoms with Crippen LogP contribution in [-0.4, -0.2) is 115 Å². The average Bonchev–Trinajstić information content (AvgIpc) is 3.44. The van der Waals surface area contributed by atoms with Gasteiger partial charge in [-0.25, -0.2) is 10.9 Å². The number of ether oxygens (including phenoxy) is 2. The third kappa shape index (κ3) is 23.6. The van der Waals surface area contributed by atoms with Crippen LogP contribution in [0, 0.1) is 23.7 Å². The molecule has 5 N–H and O–H groups in total. The number of fused-ring (bicyclic) bond motifs is 2. The van der Waals surface area contributed by atoms with E-state index in [1.54, 1.807) is 57.2 Å². The number of pyridine rings is 1. The Hall–Kier alpha value is -6.80. The van der Waals surface area contributed by atoms with E-state index in [4.69, 9.17) is 44.3 Å². The average molecular weight is 1270 g/mol. The number of nitrogens with zero attached hydrogens (tertiary/aromatic N) is 3. The fourth-order valence-electron chi connectivity index (χ4n) is 9.67. The number of ketones is 2. The summed E-state index contributed by atoms with van der Waals surface area (Å²) in [6, 6.07) is 16.7. The molecule has 0 radical (unpaired) electrons. The minimum atomic E-state index is -1.72. The van der Waals surface area contributed by atoms with E-state index in [2.05, 4.69) is 39.6 Å². The van der Waals surface area contributed by atoms with E-state index in [0.29, 0.717) is 38.8 Å². The van der Waals surface area contributed by atoms with Crippen molar-refractivity contribution in [3.63, 3.8) is 0 Å². The number of carbonyl (C=O) groups is 8. The second-order valence-corrected chi connectivity index (χ2v) is 25.3. The second kappa shape index (κ2) is 36.0. The molecule has 3 aromatic carbocycles. The van der Waals surface area contributed by atoms with Crippen molar-refractivity contribution in [3.8, 4) is 0 Å². The topological polar surface area (TPSA) is 243 Å². The van der Waals surface area contributed by atoms with Crippen LogP contribution in [0.5, 0.6) is 0 Å². The second-order valence-electron chi connectivity index (χ2n) is 22.8. The number of aliphatic hydroxyl groups is 1. The summed E-state index contributed by atoms with van der Waals surface area (Å²) in [6.07, 6.45) is 14.5. The fourth-order valence-corrected chi connectivity index (χ4v) is 9.83. The number of hydrogen-bond donors (Lipinski definition) is 5. The number of aliphatic hydroxyl groups excluding tert-OH is 1. The van der Waals surface area contributed by atoms with Gasteiger partial charge in [-0.3, -0.25) is 53.4 Å². The lowest BCUT2D eigenvalue weighted by atomic mass is 9.89. The van der Waals surface area contributed by atoms with Crippen LogP contribution in [0.25, 0.3) is 33.7 Å². The lowest BCUT2D eigenvalue weighted by Crippen LogP contribution is -2.59. The number of alkyl halides is 3. The van der Waals surface area contributed by atoms with E-state index in [9.17, 15) is 43.5 Å². The number of carbonyl (C=O) groups excluding carboxylic acids is 8. The van der Waals surface area contributed by atoms with E-state index in [0.717, 1.165) is 43.9 Å². The Bertz CT molecular complexity index is 3140. The van der Waals surface area contributed by atoms with E-state index in [1.165, 1.54) is 10.0 Å². The molecule has 8 atom stereocenters. The van der Waals surface area contributed by atoms with Crippen LogP contribution in [-0.2, 0) is 47.8 Å². The molecule has 0 unspecified atom stereocenters. The summed E-state index contributed by atoms with van der Waals surface area (Å²) in [5.41, 5.74) is 9.47. The molecule has 2 fully saturated rings. The van der Waals surface area contributed by atoms with Crippen LogP contribution in [0.2, 0.25) is 0 Å². The molecule has 4 aromatic rings. The first-order valence-corrected chi connectivity index (χ1v) is 31.0. The molecule has 4 amide bonds. The molecule has 1 aromatic heterocycles. The van der Waals surface area contributed by atoms with Gasteiger partial charge < -0.3 is 25.2 Å². The van der Waals surface area contributed by atoms with Gasteiger partial charge in [0.1, 0.15) is 48.4 Å². The first-order chi connectivity index (χ1) is 41.6. The first-order valence-electron chi connectivity index (χ1n) is 29.9. The summed E-state index contributed by atoms with van der Waals surface area (Å²) >= 11 is 16.8. The van der Waals surface area contributed by atoms with Crippen molar-refractivity contribution in [1.29, 1.82) is 0 Å². The van der Waals surface area contributed by atoms with Crippen LogP contribution >= 0.6 is 34.8 Å². The molecule has 2 aliphatic heterocycles. The highest BCUT2D eigenvalue weighted by molar-refractivity contribution is 6.67. The molecule has 0 aliphatic carbocycles. The molecule has 18 nitrogen and oxygen atoms in total. The Labute approximate surface area is 533 Å². The minimum absolute atomic E-state index is 0.0191. The number of benzene rings is 3. The van der Waals surface area contributed by atoms with Gasteiger partial charge in [-0.05, 0) is 142 Å². The summed E-state index contributed by atoms with van der Waals surface area (Å²) < 4.78 is 9.05. The number of halogens is 3. The van der Waals surface area contributed by atoms with Crippen LogP contribution in [0.1, 0.15) is 155 Å². The number of amides is 4. The fraction of sp³-hybridized carbons (Fsp3) is 0.478. The molecule has 478 valence electrons. The largest absolute Gasteiger partial charge is 0.460 e. The maximum absolute atomic E-state index is 13.2. The number of hydrazine groups is 2. The highest BCUT2D eigenvalue weighted by Crippen LogP contribution is 2.28. The molecular formula is C67H88Cl3N7O11. The Kier molecular flexibility index (Phi) is 30.1. The van der Waals surface area contributed by atoms with E-state index in [-0.39, 0.29) is 66.8 Å². The van der Waals surface area contributed by atoms with Crippen molar-refractivity contribution >= 4 is 116 Å². The van der Waals surface area contributed by atoms with E-state index in [1.807, 2.05) is 115 Å². The van der Waals surface area contributed by atoms with Gasteiger partial charge in [0.2, 0.25) is 15.6 Å². The number of hydrogen-bond acceptors (Lipinski definition) is 14. The number of nitrogens with one attached hydrogen (secondary N) is 4. The maximum atomic E-state index is 13.2. The number of esters is 2. The zero-order chi connectivity index (χ0) is 65.4. The predicted molar refractivity (Wildman–Crippen MR) is 348 cm³/mol. The highest BCUT2D eigenvalue weighted by Gasteiger charge is 2.36. The molecule has 0 saturated carbocycles. The molecule has 3 heterocycles. The lowest BCUT2D eigenvalue weighted by molar-refractivity contribution is -0.157. The highest BCUT2D eigenvalue weighted by atomic mass is 35.6. The SMILES string of the molecule is C/C=C/CC(=O)C[C@H](C(=O)N[C@@H](C)C(=O)N1CCC[C@@H](C(=O)OCC(Cl)(Cl)Cl)N1)C(C)C.C=Cc1cc2cc([C@@H](C)O)ccc2cn1.C=Cc1ccc2ccc([C@@H](C)OC(=O)[C@@H]3CCCN(C(=O)[C@H](C)NC(=O)[C@@H](CC(=O)C/C=C/C)C(C)C)N3)cc2c1. The Balaban J connectivity index is 0.000000310. The smallest absolute Gasteiger partial charge is 0.325 e. The zero-order valence-electron chi connectivity index (χ0n) is 52.3. The lowest BCUT2D eigenvalue weighted by Gasteiger charge is -2.35. The van der Waals surface area contributed by atoms with Crippen LogP contribution in [0.15, 0.2) is 104 Å². The number of rotatable bonds is 24. The van der Waals surface area contributed by atoms with Gasteiger partial charge in [0.05, 0.1) is 11.8 Å². The summed E-state index contributed by atoms with van der Waals surface area (Å²) in [7, 11) is 0. The molecule has 0 bridgehead atoms. The van der Waals surface area contributed by atoms with Gasteiger partial charge in [0.15, 0.2) is 0 Å². The molecule has 21 heteroatoms. The predicted octanol–water partition coefficient (Wildman–Crippen LogP) is 11.3. The van der Waals surface area contributed by atoms with Gasteiger partial charge in [0, 0.05) is 62.2 Å². The molecular weight excluding hydrogens is 1190 g/mol. The summed E-state index contributed by atoms with van der Waals surface area (Å²) in [6.45, 7) is 25.8. The number of Topliss-reactive ketones (excluding diaryl/α,β-unsaturated/α-hetero) is 2. The van der Waals surface area contributed by atoms with Crippen molar-refractivity contribution in [3.05, 3.63) is 127 Å². The van der Waals surface area contributed by atoms with Gasteiger partial charge >= 0.3 is 11.9 Å². The first kappa shape index (κ1) is 73.7. The minimum Gasteiger partial charge on any atom is -0.460 e. The number of aromatic nitrogens is 1. The summed E-state index contributed by atoms with van der Waals surface area (Å²) in [4.78, 5) is 106. The normalized spacial score (nSPS) is 17.3.